The Hall–Kier alpha value is -0.570. The van der Waals surface area contributed by atoms with Crippen LogP contribution < -0.4 is 10.5 Å². The van der Waals surface area contributed by atoms with E-state index in [9.17, 15) is 12.6 Å². The summed E-state index contributed by atoms with van der Waals surface area (Å²) >= 11 is 1.48. The molecular weight excluding hydrogens is 328 g/mol. The zero-order chi connectivity index (χ0) is 15.3. The highest BCUT2D eigenvalue weighted by Gasteiger charge is 2.22. The predicted molar refractivity (Wildman–Crippen MR) is 89.4 cm³/mol. The Morgan fingerprint density at radius 2 is 2.05 bits per heavy atom. The molecule has 1 aliphatic heterocycles. The summed E-state index contributed by atoms with van der Waals surface area (Å²) in [6.07, 6.45) is 1.32. The smallest absolute Gasteiger partial charge is 0.212 e. The van der Waals surface area contributed by atoms with Gasteiger partial charge in [-0.15, -0.1) is 11.8 Å². The fraction of sp³-hybridized carbons (Fsp3) is 0.538. The molecule has 0 amide bonds. The minimum Gasteiger partial charge on any atom is -0.399 e. The molecule has 2 rings (SSSR count). The third-order valence-electron chi connectivity index (χ3n) is 3.21. The molecule has 1 aromatic rings. The Morgan fingerprint density at radius 1 is 1.33 bits per heavy atom. The van der Waals surface area contributed by atoms with Gasteiger partial charge in [0.1, 0.15) is 0 Å². The highest BCUT2D eigenvalue weighted by atomic mass is 32.2. The summed E-state index contributed by atoms with van der Waals surface area (Å²) in [5, 5.41) is 0. The van der Waals surface area contributed by atoms with Gasteiger partial charge in [0.15, 0.2) is 0 Å². The van der Waals surface area contributed by atoms with Crippen LogP contribution in [0.2, 0.25) is 0 Å². The van der Waals surface area contributed by atoms with Crippen molar-refractivity contribution in [3.63, 3.8) is 0 Å². The van der Waals surface area contributed by atoms with E-state index in [0.717, 1.165) is 4.90 Å². The molecule has 1 fully saturated rings. The maximum absolute atomic E-state index is 12.0. The van der Waals surface area contributed by atoms with Crippen molar-refractivity contribution in [3.05, 3.63) is 24.3 Å². The molecule has 1 saturated heterocycles. The van der Waals surface area contributed by atoms with Gasteiger partial charge in [-0.25, -0.2) is 13.1 Å². The molecule has 5 nitrogen and oxygen atoms in total. The van der Waals surface area contributed by atoms with Crippen LogP contribution in [0.3, 0.4) is 0 Å². The van der Waals surface area contributed by atoms with E-state index < -0.39 is 20.8 Å². The molecule has 118 valence electrons. The van der Waals surface area contributed by atoms with E-state index >= 15 is 0 Å². The van der Waals surface area contributed by atoms with Crippen LogP contribution in [0.5, 0.6) is 0 Å². The second-order valence-corrected chi connectivity index (χ2v) is 9.72. The first-order valence-electron chi connectivity index (χ1n) is 6.78. The van der Waals surface area contributed by atoms with Crippen LogP contribution in [0.15, 0.2) is 29.2 Å². The normalized spacial score (nSPS) is 23.0. The molecule has 0 aromatic heterocycles. The second-order valence-electron chi connectivity index (χ2n) is 4.98. The number of rotatable bonds is 6. The van der Waals surface area contributed by atoms with E-state index in [1.807, 2.05) is 18.2 Å². The average molecular weight is 349 g/mol. The maximum atomic E-state index is 12.0. The largest absolute Gasteiger partial charge is 0.399 e. The van der Waals surface area contributed by atoms with Crippen molar-refractivity contribution in [2.45, 2.75) is 23.8 Å². The van der Waals surface area contributed by atoms with Gasteiger partial charge in [0, 0.05) is 44.7 Å². The molecular formula is C13H20N2O3S3. The zero-order valence-corrected chi connectivity index (χ0v) is 14.1. The number of anilines is 1. The predicted octanol–water partition coefficient (Wildman–Crippen LogP) is 1.19. The molecule has 0 spiro atoms. The van der Waals surface area contributed by atoms with Crippen molar-refractivity contribution in [3.8, 4) is 0 Å². The summed E-state index contributed by atoms with van der Waals surface area (Å²) in [6.45, 7) is 0. The van der Waals surface area contributed by atoms with Crippen LogP contribution in [-0.2, 0) is 20.8 Å². The Morgan fingerprint density at radius 3 is 2.71 bits per heavy atom. The van der Waals surface area contributed by atoms with Crippen LogP contribution in [-0.4, -0.2) is 41.7 Å². The molecule has 1 heterocycles. The summed E-state index contributed by atoms with van der Waals surface area (Å²) in [4.78, 5) is 0.971. The van der Waals surface area contributed by atoms with Gasteiger partial charge in [0.2, 0.25) is 10.0 Å². The molecule has 1 aromatic carbocycles. The Balaban J connectivity index is 1.77. The number of benzene rings is 1. The van der Waals surface area contributed by atoms with Gasteiger partial charge in [-0.2, -0.15) is 0 Å². The summed E-state index contributed by atoms with van der Waals surface area (Å²) in [5.41, 5.74) is 6.36. The summed E-state index contributed by atoms with van der Waals surface area (Å²) in [7, 11) is -4.05. The molecule has 0 radical (unpaired) electrons. The highest BCUT2D eigenvalue weighted by molar-refractivity contribution is 8.00. The molecule has 0 bridgehead atoms. The number of nitrogens with two attached hydrogens (primary N) is 1. The fourth-order valence-electron chi connectivity index (χ4n) is 2.10. The number of nitrogens with one attached hydrogen (secondary N) is 1. The monoisotopic (exact) mass is 348 g/mol. The molecule has 8 heteroatoms. The van der Waals surface area contributed by atoms with E-state index in [1.54, 1.807) is 6.07 Å². The topological polar surface area (TPSA) is 89.3 Å². The van der Waals surface area contributed by atoms with E-state index in [1.165, 1.54) is 11.8 Å². The van der Waals surface area contributed by atoms with Crippen molar-refractivity contribution in [1.29, 1.82) is 0 Å². The van der Waals surface area contributed by atoms with Crippen molar-refractivity contribution in [1.82, 2.24) is 4.72 Å². The van der Waals surface area contributed by atoms with Crippen LogP contribution in [0.25, 0.3) is 0 Å². The van der Waals surface area contributed by atoms with Crippen molar-refractivity contribution < 1.29 is 12.6 Å². The van der Waals surface area contributed by atoms with Gasteiger partial charge in [0.25, 0.3) is 0 Å². The van der Waals surface area contributed by atoms with Crippen LogP contribution >= 0.6 is 11.8 Å². The third-order valence-corrected chi connectivity index (χ3v) is 7.28. The first-order chi connectivity index (χ1) is 9.94. The van der Waals surface area contributed by atoms with Gasteiger partial charge in [-0.3, -0.25) is 4.21 Å². The minimum absolute atomic E-state index is 0.0648. The number of hydrogen-bond donors (Lipinski definition) is 2. The molecule has 21 heavy (non-hydrogen) atoms. The Labute approximate surface area is 132 Å². The standard InChI is InChI=1S/C13H20N2O3S3/c14-11-2-1-3-13(10-11)19-6-9-21(17,18)15-12-4-7-20(16)8-5-12/h1-3,10,12,15H,4-9,14H2. The summed E-state index contributed by atoms with van der Waals surface area (Å²) < 4.78 is 38.0. The number of nitrogen functional groups attached to an aromatic ring is 1. The van der Waals surface area contributed by atoms with Gasteiger partial charge >= 0.3 is 0 Å². The molecule has 3 N–H and O–H groups in total. The number of thioether (sulfide) groups is 1. The van der Waals surface area contributed by atoms with Crippen molar-refractivity contribution >= 4 is 38.3 Å². The first kappa shape index (κ1) is 16.8. The van der Waals surface area contributed by atoms with Crippen molar-refractivity contribution in [2.24, 2.45) is 0 Å². The molecule has 0 saturated carbocycles. The number of sulfonamides is 1. The lowest BCUT2D eigenvalue weighted by molar-refractivity contribution is 0.523. The zero-order valence-electron chi connectivity index (χ0n) is 11.7. The summed E-state index contributed by atoms with van der Waals surface area (Å²) in [6, 6.07) is 7.34. The second kappa shape index (κ2) is 7.62. The van der Waals surface area contributed by atoms with Crippen LogP contribution in [0, 0.1) is 0 Å². The Kier molecular flexibility index (Phi) is 6.09. The third kappa shape index (κ3) is 5.98. The SMILES string of the molecule is Nc1cccc(SCCS(=O)(=O)NC2CCS(=O)CC2)c1. The average Bonchev–Trinajstić information content (AvgIpc) is 2.41. The maximum Gasteiger partial charge on any atom is 0.212 e. The van der Waals surface area contributed by atoms with Gasteiger partial charge in [0.05, 0.1) is 5.75 Å². The number of hydrogen-bond acceptors (Lipinski definition) is 5. The van der Waals surface area contributed by atoms with E-state index in [0.29, 0.717) is 35.8 Å². The quantitative estimate of drug-likeness (QED) is 0.595. The van der Waals surface area contributed by atoms with E-state index in [-0.39, 0.29) is 11.8 Å². The lowest BCUT2D eigenvalue weighted by atomic mass is 10.2. The highest BCUT2D eigenvalue weighted by Crippen LogP contribution is 2.20. The minimum atomic E-state index is -3.28. The lowest BCUT2D eigenvalue weighted by Crippen LogP contribution is -2.40. The lowest BCUT2D eigenvalue weighted by Gasteiger charge is -2.22. The van der Waals surface area contributed by atoms with Crippen LogP contribution in [0.4, 0.5) is 5.69 Å². The van der Waals surface area contributed by atoms with Crippen LogP contribution in [0.1, 0.15) is 12.8 Å². The van der Waals surface area contributed by atoms with E-state index in [4.69, 9.17) is 5.73 Å². The fourth-order valence-corrected chi connectivity index (χ4v) is 6.10. The van der Waals surface area contributed by atoms with Gasteiger partial charge < -0.3 is 5.73 Å². The summed E-state index contributed by atoms with van der Waals surface area (Å²) in [5.74, 6) is 1.74. The molecule has 0 aliphatic carbocycles. The Bertz CT molecular complexity index is 594. The molecule has 0 unspecified atom stereocenters. The van der Waals surface area contributed by atoms with E-state index in [2.05, 4.69) is 4.72 Å². The van der Waals surface area contributed by atoms with Gasteiger partial charge in [-0.05, 0) is 31.0 Å². The molecule has 0 atom stereocenters. The molecule has 1 aliphatic rings. The van der Waals surface area contributed by atoms with Crippen molar-refractivity contribution in [2.75, 3.05) is 28.7 Å². The van der Waals surface area contributed by atoms with Gasteiger partial charge in [-0.1, -0.05) is 6.07 Å². The first-order valence-corrected chi connectivity index (χ1v) is 10.9.